The minimum atomic E-state index is -1.30. The molecule has 5 aliphatic rings. The molecule has 2 aliphatic carbocycles. The number of nitrogens with one attached hydrogen (secondary N) is 3. The number of hydrogen-bond acceptors (Lipinski definition) is 8. The van der Waals surface area contributed by atoms with Gasteiger partial charge in [0, 0.05) is 33.6 Å². The fraction of sp³-hybridized carbons (Fsp3) is 0.605. The van der Waals surface area contributed by atoms with Crippen molar-refractivity contribution in [1.82, 2.24) is 25.2 Å². The summed E-state index contributed by atoms with van der Waals surface area (Å²) in [6, 6.07) is 3.77. The zero-order chi connectivity index (χ0) is 36.9. The van der Waals surface area contributed by atoms with Gasteiger partial charge in [-0.05, 0) is 131 Å². The average molecular weight is 864 g/mol. The highest BCUT2D eigenvalue weighted by Gasteiger charge is 2.54. The Balaban J connectivity index is 1.21. The van der Waals surface area contributed by atoms with Crippen molar-refractivity contribution in [3.05, 3.63) is 46.6 Å². The van der Waals surface area contributed by atoms with Crippen molar-refractivity contribution < 1.29 is 28.7 Å². The lowest BCUT2D eigenvalue weighted by Gasteiger charge is -2.36. The predicted octanol–water partition coefficient (Wildman–Crippen LogP) is 6.98. The smallest absolute Gasteiger partial charge is 0.408 e. The number of aryl methyl sites for hydroxylation is 2. The molecule has 0 bridgehead atoms. The lowest BCUT2D eigenvalue weighted by Crippen LogP contribution is -2.59. The highest BCUT2D eigenvalue weighted by molar-refractivity contribution is 14.1. The summed E-state index contributed by atoms with van der Waals surface area (Å²) in [7, 11) is 0. The van der Waals surface area contributed by atoms with Gasteiger partial charge < -0.3 is 25.0 Å². The number of pyridine rings is 1. The van der Waals surface area contributed by atoms with Crippen LogP contribution in [0.5, 0.6) is 5.75 Å². The molecule has 3 N–H and O–H groups in total. The molecule has 1 aromatic carbocycles. The van der Waals surface area contributed by atoms with Gasteiger partial charge in [-0.15, -0.1) is 0 Å². The predicted molar refractivity (Wildman–Crippen MR) is 209 cm³/mol. The number of halogens is 2. The number of amides is 4. The number of rotatable bonds is 5. The first kappa shape index (κ1) is 37.5. The van der Waals surface area contributed by atoms with Gasteiger partial charge in [-0.3, -0.25) is 19.1 Å². The zero-order valence-corrected chi connectivity index (χ0v) is 33.7. The van der Waals surface area contributed by atoms with Gasteiger partial charge in [0.15, 0.2) is 3.55 Å². The molecule has 11 nitrogen and oxygen atoms in total. The minimum Gasteiger partial charge on any atom is -0.483 e. The molecule has 2 saturated carbocycles. The normalized spacial score (nSPS) is 30.1. The summed E-state index contributed by atoms with van der Waals surface area (Å²) in [4.78, 5) is 62.6. The summed E-state index contributed by atoms with van der Waals surface area (Å²) in [5.74, 6) is -0.462. The van der Waals surface area contributed by atoms with Crippen LogP contribution in [-0.2, 0) is 25.5 Å². The van der Waals surface area contributed by atoms with Crippen molar-refractivity contribution in [1.29, 1.82) is 0 Å². The van der Waals surface area contributed by atoms with E-state index in [1.165, 1.54) is 11.9 Å². The first-order valence-corrected chi connectivity index (χ1v) is 20.7. The van der Waals surface area contributed by atoms with Crippen molar-refractivity contribution >= 4 is 80.9 Å². The van der Waals surface area contributed by atoms with Crippen LogP contribution < -0.4 is 20.1 Å². The third kappa shape index (κ3) is 8.15. The molecule has 52 heavy (non-hydrogen) atoms. The van der Waals surface area contributed by atoms with Crippen LogP contribution in [0.25, 0.3) is 10.9 Å². The Kier molecular flexibility index (Phi) is 10.4. The molecule has 1 saturated heterocycles. The molecular formula is C38H47ClIN5O6S. The molecule has 1 aromatic heterocycles. The highest BCUT2D eigenvalue weighted by Crippen LogP contribution is 2.47. The maximum Gasteiger partial charge on any atom is 0.408 e. The molecule has 7 rings (SSSR count). The van der Waals surface area contributed by atoms with E-state index in [4.69, 9.17) is 26.1 Å². The van der Waals surface area contributed by atoms with Crippen LogP contribution in [0.15, 0.2) is 30.4 Å². The quantitative estimate of drug-likeness (QED) is 0.0963. The topological polar surface area (TPSA) is 139 Å². The van der Waals surface area contributed by atoms with Gasteiger partial charge >= 0.3 is 6.09 Å². The number of nitrogens with zero attached hydrogens (tertiary/aromatic N) is 2. The maximum atomic E-state index is 14.7. The van der Waals surface area contributed by atoms with Crippen molar-refractivity contribution in [3.63, 3.8) is 0 Å². The molecule has 2 aromatic rings. The molecule has 14 heteroatoms. The van der Waals surface area contributed by atoms with E-state index in [1.54, 1.807) is 4.90 Å². The molecule has 280 valence electrons. The van der Waals surface area contributed by atoms with Gasteiger partial charge in [-0.25, -0.2) is 9.78 Å². The summed E-state index contributed by atoms with van der Waals surface area (Å²) in [5.41, 5.74) is 1.14. The van der Waals surface area contributed by atoms with E-state index in [2.05, 4.69) is 22.3 Å². The van der Waals surface area contributed by atoms with Crippen molar-refractivity contribution in [2.75, 3.05) is 6.54 Å². The molecule has 4 heterocycles. The third-order valence-electron chi connectivity index (χ3n) is 11.1. The number of fused-ring (bicyclic) bond motifs is 4. The van der Waals surface area contributed by atoms with Crippen LogP contribution in [0.2, 0.25) is 5.02 Å². The fourth-order valence-corrected chi connectivity index (χ4v) is 9.21. The van der Waals surface area contributed by atoms with Crippen molar-refractivity contribution in [2.24, 2.45) is 0 Å². The Morgan fingerprint density at radius 2 is 1.90 bits per heavy atom. The molecule has 0 unspecified atom stereocenters. The van der Waals surface area contributed by atoms with E-state index in [0.29, 0.717) is 36.5 Å². The Morgan fingerprint density at radius 3 is 2.65 bits per heavy atom. The first-order chi connectivity index (χ1) is 24.7. The second-order valence-corrected chi connectivity index (χ2v) is 19.4. The van der Waals surface area contributed by atoms with Crippen LogP contribution in [0.1, 0.15) is 102 Å². The van der Waals surface area contributed by atoms with Crippen LogP contribution in [-0.4, -0.2) is 71.8 Å². The number of benzene rings is 1. The summed E-state index contributed by atoms with van der Waals surface area (Å²) >= 11 is 9.84. The molecule has 3 fully saturated rings. The third-order valence-corrected chi connectivity index (χ3v) is 13.8. The lowest BCUT2D eigenvalue weighted by molar-refractivity contribution is -0.141. The van der Waals surface area contributed by atoms with E-state index in [9.17, 15) is 19.2 Å². The zero-order valence-electron chi connectivity index (χ0n) is 29.9. The number of alkyl carbamates (subject to hydrolysis) is 1. The first-order valence-electron chi connectivity index (χ1n) is 18.4. The maximum absolute atomic E-state index is 14.7. The summed E-state index contributed by atoms with van der Waals surface area (Å²) < 4.78 is 14.3. The fourth-order valence-electron chi connectivity index (χ4n) is 7.38. The number of carbonyl (C=O) groups is 4. The molecule has 3 aliphatic heterocycles. The Hall–Kier alpha value is -2.78. The Labute approximate surface area is 327 Å². The summed E-state index contributed by atoms with van der Waals surface area (Å²) in [5, 5.41) is 7.46. The van der Waals surface area contributed by atoms with E-state index < -0.39 is 38.8 Å². The number of hydrogen-bond donors (Lipinski definition) is 3. The minimum absolute atomic E-state index is 0.00170. The molecule has 0 radical (unpaired) electrons. The van der Waals surface area contributed by atoms with Crippen molar-refractivity contribution in [2.45, 2.75) is 136 Å². The number of carbonyl (C=O) groups excluding carboxylic acids is 4. The second kappa shape index (κ2) is 14.5. The van der Waals surface area contributed by atoms with E-state index in [0.717, 1.165) is 67.1 Å². The van der Waals surface area contributed by atoms with Gasteiger partial charge in [0.25, 0.3) is 5.91 Å². The van der Waals surface area contributed by atoms with Crippen LogP contribution in [0, 0.1) is 6.92 Å². The Morgan fingerprint density at radius 1 is 1.12 bits per heavy atom. The summed E-state index contributed by atoms with van der Waals surface area (Å²) in [6.45, 7) is 6.03. The van der Waals surface area contributed by atoms with Gasteiger partial charge in [0.1, 0.15) is 29.0 Å². The number of ether oxygens (including phenoxy) is 2. The average Bonchev–Trinajstić information content (AvgIpc) is 3.99. The van der Waals surface area contributed by atoms with Crippen LogP contribution in [0.3, 0.4) is 0 Å². The number of alkyl halides is 1. The molecule has 4 amide bonds. The SMILES string of the molecule is Cc1nc2ccc(Cl)cc2c2c1O[C@]1(CC2)C[C@H]2C(=O)N[C@@](I)(C(=O)NSC3(C)CC3)C/C=C\CCCCC[C@H](NC(=O)OC3(C)CC3)C(=O)N2C1. The van der Waals surface area contributed by atoms with Gasteiger partial charge in [-0.1, -0.05) is 36.6 Å². The van der Waals surface area contributed by atoms with Gasteiger partial charge in [0.05, 0.1) is 17.8 Å². The highest BCUT2D eigenvalue weighted by atomic mass is 127. The lowest BCUT2D eigenvalue weighted by atomic mass is 9.87. The largest absolute Gasteiger partial charge is 0.483 e. The molecular weight excluding hydrogens is 817 g/mol. The molecule has 4 atom stereocenters. The standard InChI is InChI=1S/C38H47ClIN5O6S/c1-23-30-25(26-20-24(39)11-12-27(26)41-23)13-15-37(50-30)21-29-31(46)43-38(40,33(48)44-52-36(3)18-19-36)14-9-7-5-4-6-8-10-28(32(47)45(29)22-37)42-34(49)51-35(2)16-17-35/h7,9,11-12,20,28-29H,4-6,8,10,13-19,21-22H2,1-3H3,(H,42,49)(H,43,46)(H,44,48)/b9-7-/t28-,29-,37+,38+/m0/s1. The van der Waals surface area contributed by atoms with Crippen LogP contribution >= 0.6 is 46.1 Å². The van der Waals surface area contributed by atoms with Gasteiger partial charge in [0.2, 0.25) is 11.8 Å². The molecule has 1 spiro atoms. The van der Waals surface area contributed by atoms with E-state index in [-0.39, 0.29) is 35.9 Å². The van der Waals surface area contributed by atoms with Crippen molar-refractivity contribution in [3.8, 4) is 5.75 Å². The summed E-state index contributed by atoms with van der Waals surface area (Å²) in [6.07, 6.45) is 12.3. The van der Waals surface area contributed by atoms with E-state index in [1.807, 2.05) is 66.8 Å². The van der Waals surface area contributed by atoms with Gasteiger partial charge in [-0.2, -0.15) is 0 Å². The Bertz CT molecular complexity index is 1820. The number of allylic oxidation sites excluding steroid dienone is 1. The van der Waals surface area contributed by atoms with Crippen LogP contribution in [0.4, 0.5) is 4.79 Å². The number of aromatic nitrogens is 1. The van der Waals surface area contributed by atoms with E-state index >= 15 is 0 Å². The monoisotopic (exact) mass is 863 g/mol. The second-order valence-electron chi connectivity index (χ2n) is 15.8.